The molecule has 0 unspecified atom stereocenters. The van der Waals surface area contributed by atoms with Gasteiger partial charge in [0.25, 0.3) is 0 Å². The second-order valence-electron chi connectivity index (χ2n) is 6.13. The number of nitrogens with zero attached hydrogens (tertiary/aromatic N) is 5. The molecule has 0 radical (unpaired) electrons. The molecule has 8 heteroatoms. The summed E-state index contributed by atoms with van der Waals surface area (Å²) in [6.07, 6.45) is 10.0. The van der Waals surface area contributed by atoms with Gasteiger partial charge in [-0.15, -0.1) is 0 Å². The number of amides is 1. The van der Waals surface area contributed by atoms with Crippen molar-refractivity contribution in [3.63, 3.8) is 0 Å². The molecule has 0 aliphatic rings. The molecule has 0 saturated heterocycles. The maximum absolute atomic E-state index is 12.2. The Hall–Kier alpha value is -2.74. The lowest BCUT2D eigenvalue weighted by Crippen LogP contribution is -2.23. The third-order valence-corrected chi connectivity index (χ3v) is 4.80. The monoisotopic (exact) mass is 382 g/mol. The molecule has 0 aliphatic heterocycles. The number of pyridine rings is 1. The molecule has 0 spiro atoms. The SMILES string of the molecule is CSc1nc(C)c(CCC(=O)NCc2ccc(-n3ccnc3)nc2)c(C)n1. The number of hydrogen-bond donors (Lipinski definition) is 1. The van der Waals surface area contributed by atoms with Crippen molar-refractivity contribution < 1.29 is 4.79 Å². The smallest absolute Gasteiger partial charge is 0.220 e. The van der Waals surface area contributed by atoms with Crippen LogP contribution in [0, 0.1) is 13.8 Å². The van der Waals surface area contributed by atoms with Gasteiger partial charge in [0.15, 0.2) is 5.16 Å². The Morgan fingerprint density at radius 3 is 2.59 bits per heavy atom. The lowest BCUT2D eigenvalue weighted by Gasteiger charge is -2.10. The van der Waals surface area contributed by atoms with Gasteiger partial charge in [-0.05, 0) is 43.7 Å². The molecular weight excluding hydrogens is 360 g/mol. The number of aryl methyl sites for hydroxylation is 2. The van der Waals surface area contributed by atoms with E-state index in [4.69, 9.17) is 0 Å². The quantitative estimate of drug-likeness (QED) is 0.499. The van der Waals surface area contributed by atoms with E-state index in [9.17, 15) is 4.79 Å². The molecule has 3 aromatic heterocycles. The van der Waals surface area contributed by atoms with Gasteiger partial charge in [-0.3, -0.25) is 9.36 Å². The second kappa shape index (κ2) is 8.77. The van der Waals surface area contributed by atoms with Crippen LogP contribution in [0.25, 0.3) is 5.82 Å². The third-order valence-electron chi connectivity index (χ3n) is 4.25. The van der Waals surface area contributed by atoms with Gasteiger partial charge >= 0.3 is 0 Å². The molecule has 3 heterocycles. The summed E-state index contributed by atoms with van der Waals surface area (Å²) >= 11 is 1.52. The van der Waals surface area contributed by atoms with E-state index in [1.807, 2.05) is 43.0 Å². The summed E-state index contributed by atoms with van der Waals surface area (Å²) in [4.78, 5) is 29.5. The number of hydrogen-bond acceptors (Lipinski definition) is 6. The zero-order valence-electron chi connectivity index (χ0n) is 15.6. The first-order chi connectivity index (χ1) is 13.1. The fourth-order valence-electron chi connectivity index (χ4n) is 2.76. The van der Waals surface area contributed by atoms with Crippen molar-refractivity contribution in [3.8, 4) is 5.82 Å². The van der Waals surface area contributed by atoms with Gasteiger partial charge in [0.2, 0.25) is 5.91 Å². The summed E-state index contributed by atoms with van der Waals surface area (Å²) in [5.41, 5.74) is 3.89. The summed E-state index contributed by atoms with van der Waals surface area (Å²) in [6.45, 7) is 4.39. The maximum atomic E-state index is 12.2. The van der Waals surface area contributed by atoms with Crippen molar-refractivity contribution in [2.75, 3.05) is 6.26 Å². The summed E-state index contributed by atoms with van der Waals surface area (Å²) in [7, 11) is 0. The number of rotatable bonds is 7. The van der Waals surface area contributed by atoms with Gasteiger partial charge in [-0.1, -0.05) is 17.8 Å². The highest BCUT2D eigenvalue weighted by molar-refractivity contribution is 7.98. The lowest BCUT2D eigenvalue weighted by molar-refractivity contribution is -0.121. The van der Waals surface area contributed by atoms with Crippen molar-refractivity contribution in [2.45, 2.75) is 38.4 Å². The summed E-state index contributed by atoms with van der Waals surface area (Å²) in [5.74, 6) is 0.795. The van der Waals surface area contributed by atoms with Gasteiger partial charge in [-0.25, -0.2) is 19.9 Å². The Balaban J connectivity index is 1.51. The van der Waals surface area contributed by atoms with Crippen LogP contribution in [0.4, 0.5) is 0 Å². The molecule has 140 valence electrons. The largest absolute Gasteiger partial charge is 0.352 e. The fraction of sp³-hybridized carbons (Fsp3) is 0.316. The first-order valence-corrected chi connectivity index (χ1v) is 9.87. The lowest BCUT2D eigenvalue weighted by atomic mass is 10.1. The number of aromatic nitrogens is 5. The highest BCUT2D eigenvalue weighted by Crippen LogP contribution is 2.17. The van der Waals surface area contributed by atoms with E-state index in [1.165, 1.54) is 11.8 Å². The number of thioether (sulfide) groups is 1. The highest BCUT2D eigenvalue weighted by atomic mass is 32.2. The van der Waals surface area contributed by atoms with Crippen LogP contribution in [0.3, 0.4) is 0 Å². The zero-order chi connectivity index (χ0) is 19.2. The predicted octanol–water partition coefficient (Wildman–Crippen LogP) is 2.65. The van der Waals surface area contributed by atoms with Crippen LogP contribution >= 0.6 is 11.8 Å². The maximum Gasteiger partial charge on any atom is 0.220 e. The minimum absolute atomic E-state index is 0.00132. The van der Waals surface area contributed by atoms with Crippen LogP contribution in [-0.2, 0) is 17.8 Å². The van der Waals surface area contributed by atoms with Crippen LogP contribution in [-0.4, -0.2) is 36.7 Å². The third kappa shape index (κ3) is 4.91. The Morgan fingerprint density at radius 2 is 2.00 bits per heavy atom. The molecule has 0 aliphatic carbocycles. The van der Waals surface area contributed by atoms with E-state index < -0.39 is 0 Å². The zero-order valence-corrected chi connectivity index (χ0v) is 16.5. The predicted molar refractivity (Wildman–Crippen MR) is 105 cm³/mol. The van der Waals surface area contributed by atoms with Crippen molar-refractivity contribution in [1.29, 1.82) is 0 Å². The Bertz CT molecular complexity index is 885. The molecule has 3 rings (SSSR count). The standard InChI is InChI=1S/C19H22N6OS/c1-13-16(14(2)24-19(23-13)27-3)5-7-18(26)22-11-15-4-6-17(21-10-15)25-9-8-20-12-25/h4,6,8-10,12H,5,7,11H2,1-3H3,(H,22,26). The van der Waals surface area contributed by atoms with Crippen molar-refractivity contribution >= 4 is 17.7 Å². The van der Waals surface area contributed by atoms with E-state index in [1.54, 1.807) is 18.7 Å². The number of carbonyl (C=O) groups excluding carboxylic acids is 1. The Labute approximate surface area is 162 Å². The van der Waals surface area contributed by atoms with E-state index in [0.717, 1.165) is 33.5 Å². The van der Waals surface area contributed by atoms with Crippen molar-refractivity contribution in [3.05, 3.63) is 59.6 Å². The summed E-state index contributed by atoms with van der Waals surface area (Å²) < 4.78 is 1.83. The molecule has 0 aromatic carbocycles. The van der Waals surface area contributed by atoms with Crippen LogP contribution in [0.1, 0.15) is 28.9 Å². The Morgan fingerprint density at radius 1 is 1.22 bits per heavy atom. The number of nitrogens with one attached hydrogen (secondary N) is 1. The Kier molecular flexibility index (Phi) is 6.18. The minimum atomic E-state index is 0.00132. The molecule has 1 N–H and O–H groups in total. The first-order valence-electron chi connectivity index (χ1n) is 8.65. The second-order valence-corrected chi connectivity index (χ2v) is 6.90. The normalized spacial score (nSPS) is 10.8. The van der Waals surface area contributed by atoms with Crippen LogP contribution < -0.4 is 5.32 Å². The van der Waals surface area contributed by atoms with Gasteiger partial charge in [0, 0.05) is 42.9 Å². The van der Waals surface area contributed by atoms with Crippen molar-refractivity contribution in [1.82, 2.24) is 29.8 Å². The van der Waals surface area contributed by atoms with Crippen LogP contribution in [0.15, 0.2) is 42.2 Å². The van der Waals surface area contributed by atoms with E-state index >= 15 is 0 Å². The summed E-state index contributed by atoms with van der Waals surface area (Å²) in [5, 5.41) is 3.71. The molecule has 0 fully saturated rings. The van der Waals surface area contributed by atoms with E-state index in [0.29, 0.717) is 19.4 Å². The van der Waals surface area contributed by atoms with Gasteiger partial charge in [-0.2, -0.15) is 0 Å². The van der Waals surface area contributed by atoms with Crippen LogP contribution in [0.5, 0.6) is 0 Å². The summed E-state index contributed by atoms with van der Waals surface area (Å²) in [6, 6.07) is 3.85. The number of carbonyl (C=O) groups is 1. The molecular formula is C19H22N6OS. The molecule has 0 saturated carbocycles. The van der Waals surface area contributed by atoms with E-state index in [-0.39, 0.29) is 5.91 Å². The molecule has 0 atom stereocenters. The van der Waals surface area contributed by atoms with E-state index in [2.05, 4.69) is 25.3 Å². The molecule has 3 aromatic rings. The van der Waals surface area contributed by atoms with Crippen molar-refractivity contribution in [2.24, 2.45) is 0 Å². The molecule has 7 nitrogen and oxygen atoms in total. The topological polar surface area (TPSA) is 85.6 Å². The average Bonchev–Trinajstić information content (AvgIpc) is 3.20. The first kappa shape index (κ1) is 19.0. The van der Waals surface area contributed by atoms with Gasteiger partial charge in [0.1, 0.15) is 12.1 Å². The molecule has 1 amide bonds. The fourth-order valence-corrected chi connectivity index (χ4v) is 3.21. The highest BCUT2D eigenvalue weighted by Gasteiger charge is 2.10. The molecule has 27 heavy (non-hydrogen) atoms. The molecule has 0 bridgehead atoms. The van der Waals surface area contributed by atoms with Crippen LogP contribution in [0.2, 0.25) is 0 Å². The average molecular weight is 382 g/mol. The minimum Gasteiger partial charge on any atom is -0.352 e. The number of imidazole rings is 1. The van der Waals surface area contributed by atoms with Gasteiger partial charge < -0.3 is 5.32 Å². The van der Waals surface area contributed by atoms with Gasteiger partial charge in [0.05, 0.1) is 0 Å².